The van der Waals surface area contributed by atoms with Gasteiger partial charge in [0.15, 0.2) is 0 Å². The normalized spacial score (nSPS) is 11.1. The fourth-order valence-corrected chi connectivity index (χ4v) is 2.60. The summed E-state index contributed by atoms with van der Waals surface area (Å²) in [7, 11) is 0. The Morgan fingerprint density at radius 3 is 2.59 bits per heavy atom. The monoisotopic (exact) mass is 339 g/mol. The molecule has 1 aromatic heterocycles. The van der Waals surface area contributed by atoms with E-state index in [9.17, 15) is 4.79 Å². The van der Waals surface area contributed by atoms with Crippen LogP contribution in [0.25, 0.3) is 0 Å². The van der Waals surface area contributed by atoms with E-state index in [-0.39, 0.29) is 0 Å². The van der Waals surface area contributed by atoms with Crippen LogP contribution in [0, 0.1) is 0 Å². The topological polar surface area (TPSA) is 63.2 Å². The number of carbonyl (C=O) groups is 1. The molecule has 2 N–H and O–H groups in total. The zero-order valence-corrected chi connectivity index (χ0v) is 14.2. The standard InChI is InChI=1S/C15H18ClN3O2S/c1-15(2,3)21-14(20)19-11-7-5-4-6-10(11)17-9-13-18-8-12(16)22-13/h4-8,17H,9H2,1-3H3,(H,19,20). The smallest absolute Gasteiger partial charge is 0.412 e. The molecule has 0 unspecified atom stereocenters. The Morgan fingerprint density at radius 1 is 1.32 bits per heavy atom. The van der Waals surface area contributed by atoms with Crippen molar-refractivity contribution in [2.24, 2.45) is 0 Å². The summed E-state index contributed by atoms with van der Waals surface area (Å²) < 4.78 is 5.91. The van der Waals surface area contributed by atoms with Gasteiger partial charge in [-0.05, 0) is 32.9 Å². The Balaban J connectivity index is 2.01. The lowest BCUT2D eigenvalue weighted by Crippen LogP contribution is -2.27. The van der Waals surface area contributed by atoms with E-state index in [4.69, 9.17) is 16.3 Å². The van der Waals surface area contributed by atoms with Gasteiger partial charge in [-0.1, -0.05) is 23.7 Å². The molecule has 0 radical (unpaired) electrons. The molecule has 0 aliphatic carbocycles. The van der Waals surface area contributed by atoms with Gasteiger partial charge < -0.3 is 10.1 Å². The summed E-state index contributed by atoms with van der Waals surface area (Å²) in [6.45, 7) is 6.00. The average Bonchev–Trinajstić information content (AvgIpc) is 2.81. The molecule has 0 bridgehead atoms. The molecule has 0 aliphatic heterocycles. The van der Waals surface area contributed by atoms with Crippen LogP contribution in [0.3, 0.4) is 0 Å². The van der Waals surface area contributed by atoms with Gasteiger partial charge in [-0.2, -0.15) is 0 Å². The van der Waals surface area contributed by atoms with Gasteiger partial charge in [-0.15, -0.1) is 11.3 Å². The first-order valence-electron chi connectivity index (χ1n) is 6.76. The summed E-state index contributed by atoms with van der Waals surface area (Å²) in [5.41, 5.74) is 0.906. The van der Waals surface area contributed by atoms with Gasteiger partial charge in [0.05, 0.1) is 24.1 Å². The predicted molar refractivity (Wildman–Crippen MR) is 90.7 cm³/mol. The van der Waals surface area contributed by atoms with Crippen LogP contribution >= 0.6 is 22.9 Å². The van der Waals surface area contributed by atoms with Crippen molar-refractivity contribution in [1.29, 1.82) is 0 Å². The van der Waals surface area contributed by atoms with Gasteiger partial charge in [0.2, 0.25) is 0 Å². The molecule has 22 heavy (non-hydrogen) atoms. The van der Waals surface area contributed by atoms with Gasteiger partial charge in [0, 0.05) is 0 Å². The third-order valence-electron chi connectivity index (χ3n) is 2.52. The summed E-state index contributed by atoms with van der Waals surface area (Å²) >= 11 is 7.27. The van der Waals surface area contributed by atoms with Crippen LogP contribution in [0.2, 0.25) is 4.34 Å². The highest BCUT2D eigenvalue weighted by Gasteiger charge is 2.17. The van der Waals surface area contributed by atoms with Crippen LogP contribution in [-0.4, -0.2) is 16.7 Å². The van der Waals surface area contributed by atoms with Crippen molar-refractivity contribution in [2.75, 3.05) is 10.6 Å². The molecule has 0 saturated carbocycles. The average molecular weight is 340 g/mol. The van der Waals surface area contributed by atoms with E-state index in [2.05, 4.69) is 15.6 Å². The maximum absolute atomic E-state index is 11.9. The number of ether oxygens (including phenoxy) is 1. The minimum absolute atomic E-state index is 0.487. The van der Waals surface area contributed by atoms with Crippen molar-refractivity contribution in [3.63, 3.8) is 0 Å². The number of nitrogens with zero attached hydrogens (tertiary/aromatic N) is 1. The van der Waals surface area contributed by atoms with Gasteiger partial charge in [-0.3, -0.25) is 5.32 Å². The third-order valence-corrected chi connectivity index (χ3v) is 3.63. The van der Waals surface area contributed by atoms with Crippen molar-refractivity contribution in [3.05, 3.63) is 39.8 Å². The molecule has 118 valence electrons. The molecule has 7 heteroatoms. The number of carbonyl (C=O) groups excluding carboxylic acids is 1. The zero-order chi connectivity index (χ0) is 16.2. The van der Waals surface area contributed by atoms with Crippen molar-refractivity contribution >= 4 is 40.4 Å². The van der Waals surface area contributed by atoms with Crippen LogP contribution < -0.4 is 10.6 Å². The molecule has 1 amide bonds. The Kier molecular flexibility index (Phi) is 5.26. The summed E-state index contributed by atoms with van der Waals surface area (Å²) in [4.78, 5) is 16.1. The number of nitrogens with one attached hydrogen (secondary N) is 2. The van der Waals surface area contributed by atoms with E-state index >= 15 is 0 Å². The molecule has 0 saturated heterocycles. The lowest BCUT2D eigenvalue weighted by atomic mass is 10.2. The Bertz CT molecular complexity index is 652. The van der Waals surface area contributed by atoms with E-state index in [1.807, 2.05) is 39.0 Å². The fraction of sp³-hybridized carbons (Fsp3) is 0.333. The van der Waals surface area contributed by atoms with E-state index in [1.165, 1.54) is 11.3 Å². The number of benzene rings is 1. The third kappa shape index (κ3) is 5.20. The predicted octanol–water partition coefficient (Wildman–Crippen LogP) is 4.76. The number of anilines is 2. The van der Waals surface area contributed by atoms with Crippen molar-refractivity contribution in [2.45, 2.75) is 32.9 Å². The summed E-state index contributed by atoms with van der Waals surface area (Å²) in [5, 5.41) is 6.84. The van der Waals surface area contributed by atoms with Crippen molar-refractivity contribution < 1.29 is 9.53 Å². The second-order valence-corrected chi connectivity index (χ2v) is 7.33. The zero-order valence-electron chi connectivity index (χ0n) is 12.6. The highest BCUT2D eigenvalue weighted by atomic mass is 35.5. The largest absolute Gasteiger partial charge is 0.444 e. The number of para-hydroxylation sites is 2. The van der Waals surface area contributed by atoms with Crippen LogP contribution in [-0.2, 0) is 11.3 Å². The molecule has 0 spiro atoms. The molecule has 0 fully saturated rings. The fourth-order valence-electron chi connectivity index (χ4n) is 1.70. The maximum Gasteiger partial charge on any atom is 0.412 e. The molecule has 2 rings (SSSR count). The van der Waals surface area contributed by atoms with Crippen molar-refractivity contribution in [3.8, 4) is 0 Å². The van der Waals surface area contributed by atoms with Crippen LogP contribution in [0.15, 0.2) is 30.5 Å². The second kappa shape index (κ2) is 6.98. The lowest BCUT2D eigenvalue weighted by molar-refractivity contribution is 0.0636. The molecule has 5 nitrogen and oxygen atoms in total. The molecular formula is C15H18ClN3O2S. The SMILES string of the molecule is CC(C)(C)OC(=O)Nc1ccccc1NCc1ncc(Cl)s1. The molecule has 1 aromatic carbocycles. The molecular weight excluding hydrogens is 322 g/mol. The van der Waals surface area contributed by atoms with Crippen LogP contribution in [0.5, 0.6) is 0 Å². The number of hydrogen-bond acceptors (Lipinski definition) is 5. The quantitative estimate of drug-likeness (QED) is 0.843. The minimum atomic E-state index is -0.538. The number of hydrogen-bond donors (Lipinski definition) is 2. The summed E-state index contributed by atoms with van der Waals surface area (Å²) in [5.74, 6) is 0. The number of amides is 1. The molecule has 2 aromatic rings. The van der Waals surface area contributed by atoms with E-state index < -0.39 is 11.7 Å². The first kappa shape index (κ1) is 16.6. The first-order chi connectivity index (χ1) is 10.3. The molecule has 0 atom stereocenters. The number of halogens is 1. The number of thiazole rings is 1. The van der Waals surface area contributed by atoms with Crippen molar-refractivity contribution in [1.82, 2.24) is 4.98 Å². The number of aromatic nitrogens is 1. The van der Waals surface area contributed by atoms with Gasteiger partial charge in [0.1, 0.15) is 14.9 Å². The Hall–Kier alpha value is -1.79. The van der Waals surface area contributed by atoms with E-state index in [0.29, 0.717) is 16.6 Å². The summed E-state index contributed by atoms with van der Waals surface area (Å²) in [6.07, 6.45) is 1.13. The Labute approximate surface area is 138 Å². The lowest BCUT2D eigenvalue weighted by Gasteiger charge is -2.20. The minimum Gasteiger partial charge on any atom is -0.444 e. The Morgan fingerprint density at radius 2 is 2.00 bits per heavy atom. The maximum atomic E-state index is 11.9. The van der Waals surface area contributed by atoms with Gasteiger partial charge in [0.25, 0.3) is 0 Å². The van der Waals surface area contributed by atoms with Crippen LogP contribution in [0.4, 0.5) is 16.2 Å². The second-order valence-electron chi connectivity index (χ2n) is 5.58. The van der Waals surface area contributed by atoms with E-state index in [1.54, 1.807) is 12.3 Å². The first-order valence-corrected chi connectivity index (χ1v) is 7.96. The highest BCUT2D eigenvalue weighted by molar-refractivity contribution is 7.15. The summed E-state index contributed by atoms with van der Waals surface area (Å²) in [6, 6.07) is 7.42. The van der Waals surface area contributed by atoms with Gasteiger partial charge >= 0.3 is 6.09 Å². The highest BCUT2D eigenvalue weighted by Crippen LogP contribution is 2.24. The van der Waals surface area contributed by atoms with E-state index in [0.717, 1.165) is 10.7 Å². The molecule has 1 heterocycles. The molecule has 0 aliphatic rings. The number of rotatable bonds is 4. The van der Waals surface area contributed by atoms with Crippen LogP contribution in [0.1, 0.15) is 25.8 Å². The van der Waals surface area contributed by atoms with Gasteiger partial charge in [-0.25, -0.2) is 9.78 Å².